The predicted octanol–water partition coefficient (Wildman–Crippen LogP) is 2.35. The molecule has 1 N–H and O–H groups in total. The van der Waals surface area contributed by atoms with E-state index in [1.54, 1.807) is 0 Å². The molecule has 0 aliphatic carbocycles. The Morgan fingerprint density at radius 3 is 2.88 bits per heavy atom. The van der Waals surface area contributed by atoms with E-state index in [1.165, 1.54) is 12.3 Å². The summed E-state index contributed by atoms with van der Waals surface area (Å²) in [6, 6.07) is 1.46. The third-order valence-corrected chi connectivity index (χ3v) is 2.30. The lowest BCUT2D eigenvalue weighted by atomic mass is 10.3. The molecule has 0 bridgehead atoms. The molecule has 0 saturated carbocycles. The number of aromatic carboxylic acids is 1. The summed E-state index contributed by atoms with van der Waals surface area (Å²) in [4.78, 5) is 14.8. The molecule has 0 radical (unpaired) electrons. The van der Waals surface area contributed by atoms with Crippen molar-refractivity contribution in [3.05, 3.63) is 22.3 Å². The highest BCUT2D eigenvalue weighted by atomic mass is 79.9. The number of carbonyl (C=O) groups is 1. The molecular weight excluding hydrogens is 290 g/mol. The lowest BCUT2D eigenvalue weighted by molar-refractivity contribution is 0.0683. The van der Waals surface area contributed by atoms with Crippen LogP contribution in [0.25, 0.3) is 0 Å². The Bertz CT molecular complexity index is 384. The van der Waals surface area contributed by atoms with Crippen molar-refractivity contribution < 1.29 is 19.4 Å². The smallest absolute Gasteiger partial charge is 0.341 e. The van der Waals surface area contributed by atoms with E-state index in [0.717, 1.165) is 6.42 Å². The van der Waals surface area contributed by atoms with Gasteiger partial charge in [-0.1, -0.05) is 6.92 Å². The highest BCUT2D eigenvalue weighted by molar-refractivity contribution is 9.10. The first-order valence-electron chi connectivity index (χ1n) is 5.24. The van der Waals surface area contributed by atoms with Gasteiger partial charge in [0.05, 0.1) is 6.61 Å². The van der Waals surface area contributed by atoms with Crippen molar-refractivity contribution in [2.45, 2.75) is 13.3 Å². The van der Waals surface area contributed by atoms with E-state index in [1.807, 2.05) is 6.92 Å². The first-order valence-corrected chi connectivity index (χ1v) is 6.03. The molecule has 0 fully saturated rings. The van der Waals surface area contributed by atoms with Gasteiger partial charge in [-0.3, -0.25) is 0 Å². The molecule has 0 saturated heterocycles. The standard InChI is InChI=1S/C11H14BrNO4/c1-2-3-16-4-5-17-10-9(11(14)15)6-8(12)7-13-10/h6-7H,2-5H2,1H3,(H,14,15). The summed E-state index contributed by atoms with van der Waals surface area (Å²) in [7, 11) is 0. The summed E-state index contributed by atoms with van der Waals surface area (Å²) in [5, 5.41) is 8.96. The minimum atomic E-state index is -1.07. The van der Waals surface area contributed by atoms with Crippen LogP contribution in [-0.4, -0.2) is 35.9 Å². The Morgan fingerprint density at radius 2 is 2.24 bits per heavy atom. The highest BCUT2D eigenvalue weighted by Gasteiger charge is 2.13. The minimum absolute atomic E-state index is 0.0369. The van der Waals surface area contributed by atoms with Crippen LogP contribution in [0.1, 0.15) is 23.7 Å². The van der Waals surface area contributed by atoms with Gasteiger partial charge in [-0.25, -0.2) is 9.78 Å². The Balaban J connectivity index is 2.55. The number of nitrogens with zero attached hydrogens (tertiary/aromatic N) is 1. The van der Waals surface area contributed by atoms with Gasteiger partial charge in [-0.15, -0.1) is 0 Å². The van der Waals surface area contributed by atoms with Crippen LogP contribution in [0.2, 0.25) is 0 Å². The fourth-order valence-electron chi connectivity index (χ4n) is 1.14. The zero-order valence-electron chi connectivity index (χ0n) is 9.48. The molecule has 6 heteroatoms. The van der Waals surface area contributed by atoms with Crippen LogP contribution < -0.4 is 4.74 Å². The van der Waals surface area contributed by atoms with E-state index < -0.39 is 5.97 Å². The Labute approximate surface area is 108 Å². The SMILES string of the molecule is CCCOCCOc1ncc(Br)cc1C(=O)O. The fourth-order valence-corrected chi connectivity index (χ4v) is 1.47. The second-order valence-corrected chi connectivity index (χ2v) is 4.19. The molecule has 1 aromatic heterocycles. The van der Waals surface area contributed by atoms with Crippen molar-refractivity contribution in [2.75, 3.05) is 19.8 Å². The Kier molecular flexibility index (Phi) is 5.93. The maximum atomic E-state index is 10.9. The highest BCUT2D eigenvalue weighted by Crippen LogP contribution is 2.19. The van der Waals surface area contributed by atoms with Gasteiger partial charge in [0.1, 0.15) is 12.2 Å². The van der Waals surface area contributed by atoms with E-state index in [-0.39, 0.29) is 18.1 Å². The number of hydrogen-bond donors (Lipinski definition) is 1. The van der Waals surface area contributed by atoms with E-state index in [9.17, 15) is 4.79 Å². The number of aromatic nitrogens is 1. The largest absolute Gasteiger partial charge is 0.477 e. The lowest BCUT2D eigenvalue weighted by Gasteiger charge is -2.08. The van der Waals surface area contributed by atoms with Gasteiger partial charge in [0.15, 0.2) is 0 Å². The monoisotopic (exact) mass is 303 g/mol. The van der Waals surface area contributed by atoms with Crippen LogP contribution in [0.3, 0.4) is 0 Å². The second kappa shape index (κ2) is 7.24. The van der Waals surface area contributed by atoms with Crippen LogP contribution in [-0.2, 0) is 4.74 Å². The van der Waals surface area contributed by atoms with Crippen LogP contribution in [0.15, 0.2) is 16.7 Å². The summed E-state index contributed by atoms with van der Waals surface area (Å²) in [6.45, 7) is 3.39. The van der Waals surface area contributed by atoms with Crippen LogP contribution >= 0.6 is 15.9 Å². The molecule has 0 spiro atoms. The summed E-state index contributed by atoms with van der Waals surface area (Å²) < 4.78 is 11.1. The van der Waals surface area contributed by atoms with Crippen LogP contribution in [0.5, 0.6) is 5.88 Å². The zero-order chi connectivity index (χ0) is 12.7. The van der Waals surface area contributed by atoms with Gasteiger partial charge in [-0.2, -0.15) is 0 Å². The van der Waals surface area contributed by atoms with Gasteiger partial charge in [-0.05, 0) is 28.4 Å². The minimum Gasteiger partial charge on any atom is -0.477 e. The van der Waals surface area contributed by atoms with E-state index >= 15 is 0 Å². The molecule has 94 valence electrons. The number of hydrogen-bond acceptors (Lipinski definition) is 4. The maximum absolute atomic E-state index is 10.9. The number of halogens is 1. The molecular formula is C11H14BrNO4. The molecule has 0 atom stereocenters. The van der Waals surface area contributed by atoms with E-state index in [0.29, 0.717) is 17.7 Å². The van der Waals surface area contributed by atoms with Gasteiger partial charge < -0.3 is 14.6 Å². The molecule has 0 amide bonds. The van der Waals surface area contributed by atoms with E-state index in [4.69, 9.17) is 14.6 Å². The second-order valence-electron chi connectivity index (χ2n) is 3.27. The fraction of sp³-hybridized carbons (Fsp3) is 0.455. The van der Waals surface area contributed by atoms with Crippen molar-refractivity contribution in [2.24, 2.45) is 0 Å². The average molecular weight is 304 g/mol. The molecule has 1 aromatic rings. The molecule has 5 nitrogen and oxygen atoms in total. The Hall–Kier alpha value is -1.14. The van der Waals surface area contributed by atoms with Gasteiger partial charge in [0, 0.05) is 17.3 Å². The molecule has 0 aliphatic rings. The van der Waals surface area contributed by atoms with Crippen molar-refractivity contribution in [3.8, 4) is 5.88 Å². The number of carboxylic acid groups (broad SMARTS) is 1. The van der Waals surface area contributed by atoms with Crippen molar-refractivity contribution in [1.82, 2.24) is 4.98 Å². The summed E-state index contributed by atoms with van der Waals surface area (Å²) in [6.07, 6.45) is 2.44. The lowest BCUT2D eigenvalue weighted by Crippen LogP contribution is -2.11. The third kappa shape index (κ3) is 4.70. The van der Waals surface area contributed by atoms with Gasteiger partial charge >= 0.3 is 5.97 Å². The number of ether oxygens (including phenoxy) is 2. The zero-order valence-corrected chi connectivity index (χ0v) is 11.1. The first-order chi connectivity index (χ1) is 8.15. The molecule has 0 aliphatic heterocycles. The van der Waals surface area contributed by atoms with Crippen LogP contribution in [0.4, 0.5) is 0 Å². The molecule has 0 aromatic carbocycles. The summed E-state index contributed by atoms with van der Waals surface area (Å²) in [5.74, 6) is -0.955. The third-order valence-electron chi connectivity index (χ3n) is 1.86. The number of rotatable bonds is 7. The number of carboxylic acids is 1. The molecule has 0 unspecified atom stereocenters. The van der Waals surface area contributed by atoms with Gasteiger partial charge in [0.2, 0.25) is 5.88 Å². The maximum Gasteiger partial charge on any atom is 0.341 e. The molecule has 1 rings (SSSR count). The normalized spacial score (nSPS) is 10.2. The first kappa shape index (κ1) is 13.9. The van der Waals surface area contributed by atoms with Gasteiger partial charge in [0.25, 0.3) is 0 Å². The predicted molar refractivity (Wildman–Crippen MR) is 65.5 cm³/mol. The molecule has 17 heavy (non-hydrogen) atoms. The van der Waals surface area contributed by atoms with E-state index in [2.05, 4.69) is 20.9 Å². The topological polar surface area (TPSA) is 68.7 Å². The Morgan fingerprint density at radius 1 is 1.47 bits per heavy atom. The quantitative estimate of drug-likeness (QED) is 0.783. The summed E-state index contributed by atoms with van der Waals surface area (Å²) in [5.41, 5.74) is 0.0369. The van der Waals surface area contributed by atoms with Crippen LogP contribution in [0, 0.1) is 0 Å². The van der Waals surface area contributed by atoms with Crippen molar-refractivity contribution >= 4 is 21.9 Å². The number of pyridine rings is 1. The molecule has 1 heterocycles. The average Bonchev–Trinajstić information content (AvgIpc) is 2.30. The van der Waals surface area contributed by atoms with Crippen molar-refractivity contribution in [3.63, 3.8) is 0 Å². The van der Waals surface area contributed by atoms with Crippen molar-refractivity contribution in [1.29, 1.82) is 0 Å². The summed E-state index contributed by atoms with van der Waals surface area (Å²) >= 11 is 3.16.